The maximum atomic E-state index is 11.9. The highest BCUT2D eigenvalue weighted by Gasteiger charge is 2.23. The average Bonchev–Trinajstić information content (AvgIpc) is 2.97. The lowest BCUT2D eigenvalue weighted by atomic mass is 10.2. The van der Waals surface area contributed by atoms with Crippen molar-refractivity contribution in [2.45, 2.75) is 26.7 Å². The summed E-state index contributed by atoms with van der Waals surface area (Å²) >= 11 is 0. The van der Waals surface area contributed by atoms with Crippen molar-refractivity contribution in [1.82, 2.24) is 10.6 Å². The minimum Gasteiger partial charge on any atom is -0.374 e. The van der Waals surface area contributed by atoms with Crippen LogP contribution in [0.25, 0.3) is 0 Å². The highest BCUT2D eigenvalue weighted by Crippen LogP contribution is 2.29. The fraction of sp³-hybridized carbons (Fsp3) is 0.471. The van der Waals surface area contributed by atoms with E-state index in [2.05, 4.69) is 16.0 Å². The zero-order valence-corrected chi connectivity index (χ0v) is 14.1. The van der Waals surface area contributed by atoms with Crippen LogP contribution >= 0.6 is 0 Å². The summed E-state index contributed by atoms with van der Waals surface area (Å²) in [6.07, 6.45) is 1.38. The third-order valence-corrected chi connectivity index (χ3v) is 3.63. The molecule has 0 spiro atoms. The summed E-state index contributed by atoms with van der Waals surface area (Å²) in [5.41, 5.74) is 1.46. The summed E-state index contributed by atoms with van der Waals surface area (Å²) < 4.78 is 0. The van der Waals surface area contributed by atoms with Crippen LogP contribution in [0.4, 0.5) is 16.2 Å². The largest absolute Gasteiger partial charge is 0.374 e. The third-order valence-electron chi connectivity index (χ3n) is 3.63. The van der Waals surface area contributed by atoms with Gasteiger partial charge in [0.05, 0.1) is 17.9 Å². The number of rotatable bonds is 6. The number of hydrogen-bond donors (Lipinski definition) is 3. The number of amides is 4. The first-order chi connectivity index (χ1) is 11.5. The second-order valence-electron chi connectivity index (χ2n) is 6.17. The smallest absolute Gasteiger partial charge is 0.321 e. The molecule has 0 aliphatic carbocycles. The third kappa shape index (κ3) is 4.97. The molecule has 3 N–H and O–H groups in total. The van der Waals surface area contributed by atoms with Crippen molar-refractivity contribution in [3.8, 4) is 0 Å². The number of benzene rings is 1. The van der Waals surface area contributed by atoms with Gasteiger partial charge >= 0.3 is 6.03 Å². The van der Waals surface area contributed by atoms with E-state index in [9.17, 15) is 14.4 Å². The minimum atomic E-state index is -0.501. The Morgan fingerprint density at radius 2 is 2.00 bits per heavy atom. The van der Waals surface area contributed by atoms with E-state index in [-0.39, 0.29) is 12.5 Å². The van der Waals surface area contributed by atoms with Crippen LogP contribution < -0.4 is 20.9 Å². The fourth-order valence-corrected chi connectivity index (χ4v) is 2.45. The molecule has 0 unspecified atom stereocenters. The monoisotopic (exact) mass is 332 g/mol. The van der Waals surface area contributed by atoms with Gasteiger partial charge in [-0.25, -0.2) is 4.79 Å². The highest BCUT2D eigenvalue weighted by atomic mass is 16.2. The molecule has 0 bridgehead atoms. The maximum Gasteiger partial charge on any atom is 0.321 e. The number of hydrogen-bond acceptors (Lipinski definition) is 4. The van der Waals surface area contributed by atoms with Gasteiger partial charge in [0.2, 0.25) is 11.8 Å². The maximum absolute atomic E-state index is 11.9. The van der Waals surface area contributed by atoms with Gasteiger partial charge in [0.15, 0.2) is 0 Å². The lowest BCUT2D eigenvalue weighted by Gasteiger charge is -2.20. The number of para-hydroxylation sites is 2. The standard InChI is InChI=1S/C17H24N4O3/c1-12(2)10-19-17(24)20-15(22)11-18-13-6-3-4-7-14(13)21-9-5-8-16(21)23/h3-4,6-7,12,18H,5,8-11H2,1-2H3,(H2,19,20,22,24). The first-order valence-corrected chi connectivity index (χ1v) is 8.18. The normalized spacial score (nSPS) is 14.0. The SMILES string of the molecule is CC(C)CNC(=O)NC(=O)CNc1ccccc1N1CCCC1=O. The zero-order chi connectivity index (χ0) is 17.5. The van der Waals surface area contributed by atoms with Crippen LogP contribution in [-0.4, -0.2) is 37.5 Å². The Bertz CT molecular complexity index is 616. The van der Waals surface area contributed by atoms with Gasteiger partial charge in [0.1, 0.15) is 0 Å². The van der Waals surface area contributed by atoms with E-state index in [1.165, 1.54) is 0 Å². The van der Waals surface area contributed by atoms with Gasteiger partial charge in [-0.1, -0.05) is 26.0 Å². The predicted molar refractivity (Wildman–Crippen MR) is 92.9 cm³/mol. The summed E-state index contributed by atoms with van der Waals surface area (Å²) in [6.45, 7) is 5.09. The van der Waals surface area contributed by atoms with Crippen molar-refractivity contribution in [3.05, 3.63) is 24.3 Å². The zero-order valence-electron chi connectivity index (χ0n) is 14.1. The van der Waals surface area contributed by atoms with Crippen molar-refractivity contribution >= 4 is 29.2 Å². The van der Waals surface area contributed by atoms with Crippen LogP contribution in [0.3, 0.4) is 0 Å². The second-order valence-corrected chi connectivity index (χ2v) is 6.17. The van der Waals surface area contributed by atoms with Gasteiger partial charge in [-0.2, -0.15) is 0 Å². The van der Waals surface area contributed by atoms with Gasteiger partial charge < -0.3 is 15.5 Å². The van der Waals surface area contributed by atoms with Crippen LogP contribution in [0, 0.1) is 5.92 Å². The molecule has 1 aliphatic heterocycles. The van der Waals surface area contributed by atoms with Crippen LogP contribution in [-0.2, 0) is 9.59 Å². The summed E-state index contributed by atoms with van der Waals surface area (Å²) in [7, 11) is 0. The molecule has 0 saturated carbocycles. The molecule has 1 heterocycles. The minimum absolute atomic E-state index is 0.0475. The molecule has 7 nitrogen and oxygen atoms in total. The Morgan fingerprint density at radius 3 is 2.67 bits per heavy atom. The molecule has 7 heteroatoms. The van der Waals surface area contributed by atoms with Gasteiger partial charge in [-0.05, 0) is 24.5 Å². The van der Waals surface area contributed by atoms with Crippen molar-refractivity contribution < 1.29 is 14.4 Å². The number of nitrogens with zero attached hydrogens (tertiary/aromatic N) is 1. The molecule has 0 aromatic heterocycles. The molecule has 1 fully saturated rings. The van der Waals surface area contributed by atoms with Gasteiger partial charge in [-0.3, -0.25) is 14.9 Å². The van der Waals surface area contributed by atoms with E-state index in [1.807, 2.05) is 38.1 Å². The van der Waals surface area contributed by atoms with Gasteiger partial charge in [-0.15, -0.1) is 0 Å². The van der Waals surface area contributed by atoms with Crippen LogP contribution in [0.2, 0.25) is 0 Å². The van der Waals surface area contributed by atoms with E-state index in [0.29, 0.717) is 31.1 Å². The number of anilines is 2. The second kappa shape index (κ2) is 8.33. The Kier molecular flexibility index (Phi) is 6.17. The van der Waals surface area contributed by atoms with Crippen LogP contribution in [0.15, 0.2) is 24.3 Å². The molecule has 1 aromatic rings. The van der Waals surface area contributed by atoms with E-state index >= 15 is 0 Å². The van der Waals surface area contributed by atoms with Crippen molar-refractivity contribution in [2.24, 2.45) is 5.92 Å². The van der Waals surface area contributed by atoms with Gasteiger partial charge in [0.25, 0.3) is 0 Å². The van der Waals surface area contributed by atoms with E-state index < -0.39 is 11.9 Å². The Balaban J connectivity index is 1.89. The summed E-state index contributed by atoms with van der Waals surface area (Å²) in [6, 6.07) is 6.84. The lowest BCUT2D eigenvalue weighted by Crippen LogP contribution is -2.43. The molecule has 1 aromatic carbocycles. The predicted octanol–water partition coefficient (Wildman–Crippen LogP) is 1.71. The summed E-state index contributed by atoms with van der Waals surface area (Å²) in [5, 5.41) is 7.89. The van der Waals surface area contributed by atoms with Gasteiger partial charge in [0, 0.05) is 19.5 Å². The topological polar surface area (TPSA) is 90.5 Å². The molecule has 1 saturated heterocycles. The molecule has 1 aliphatic rings. The molecule has 2 rings (SSSR count). The molecular weight excluding hydrogens is 308 g/mol. The Morgan fingerprint density at radius 1 is 1.25 bits per heavy atom. The Labute approximate surface area is 141 Å². The van der Waals surface area contributed by atoms with E-state index in [1.54, 1.807) is 4.90 Å². The average molecular weight is 332 g/mol. The molecular formula is C17H24N4O3. The summed E-state index contributed by atoms with van der Waals surface area (Å²) in [4.78, 5) is 37.0. The molecule has 0 radical (unpaired) electrons. The highest BCUT2D eigenvalue weighted by molar-refractivity contribution is 5.99. The van der Waals surface area contributed by atoms with Crippen molar-refractivity contribution in [3.63, 3.8) is 0 Å². The van der Waals surface area contributed by atoms with E-state index in [4.69, 9.17) is 0 Å². The number of urea groups is 1. The van der Waals surface area contributed by atoms with Crippen LogP contribution in [0.1, 0.15) is 26.7 Å². The van der Waals surface area contributed by atoms with Crippen molar-refractivity contribution in [1.29, 1.82) is 0 Å². The first-order valence-electron chi connectivity index (χ1n) is 8.18. The number of nitrogens with one attached hydrogen (secondary N) is 3. The molecule has 4 amide bonds. The summed E-state index contributed by atoms with van der Waals surface area (Å²) in [5.74, 6) is -0.0329. The number of carbonyl (C=O) groups excluding carboxylic acids is 3. The number of carbonyl (C=O) groups is 3. The Hall–Kier alpha value is -2.57. The van der Waals surface area contributed by atoms with Crippen molar-refractivity contribution in [2.75, 3.05) is 29.9 Å². The quantitative estimate of drug-likeness (QED) is 0.740. The first kappa shape index (κ1) is 17.8. The molecule has 24 heavy (non-hydrogen) atoms. The number of imide groups is 1. The lowest BCUT2D eigenvalue weighted by molar-refractivity contribution is -0.118. The van der Waals surface area contributed by atoms with E-state index in [0.717, 1.165) is 12.1 Å². The van der Waals surface area contributed by atoms with Crippen LogP contribution in [0.5, 0.6) is 0 Å². The fourth-order valence-electron chi connectivity index (χ4n) is 2.45. The molecule has 130 valence electrons. The molecule has 0 atom stereocenters.